The lowest BCUT2D eigenvalue weighted by atomic mass is 9.95. The maximum absolute atomic E-state index is 13.1. The van der Waals surface area contributed by atoms with Crippen LogP contribution in [0.3, 0.4) is 0 Å². The molecule has 0 unspecified atom stereocenters. The summed E-state index contributed by atoms with van der Waals surface area (Å²) in [4.78, 5) is 31.7. The van der Waals surface area contributed by atoms with Gasteiger partial charge in [0.2, 0.25) is 5.91 Å². The molecule has 0 atom stereocenters. The number of amides is 2. The number of fused-ring (bicyclic) bond motifs is 1. The first-order valence-electron chi connectivity index (χ1n) is 9.18. The van der Waals surface area contributed by atoms with E-state index in [1.165, 1.54) is 0 Å². The number of hydrogen-bond donors (Lipinski definition) is 1. The van der Waals surface area contributed by atoms with Crippen molar-refractivity contribution in [3.63, 3.8) is 0 Å². The number of rotatable bonds is 3. The summed E-state index contributed by atoms with van der Waals surface area (Å²) >= 11 is 0. The summed E-state index contributed by atoms with van der Waals surface area (Å²) in [7, 11) is 1.84. The Kier molecular flexibility index (Phi) is 4.98. The number of carbonyl (C=O) groups is 2. The minimum atomic E-state index is -0.0132. The monoisotopic (exact) mass is 357 g/mol. The molecule has 2 aromatic rings. The van der Waals surface area contributed by atoms with Crippen molar-refractivity contribution < 1.29 is 9.59 Å². The van der Waals surface area contributed by atoms with Crippen LogP contribution in [0.4, 0.5) is 0 Å². The van der Waals surface area contributed by atoms with Gasteiger partial charge in [0.05, 0.1) is 16.6 Å². The summed E-state index contributed by atoms with van der Waals surface area (Å²) in [5.41, 5.74) is 3.00. The van der Waals surface area contributed by atoms with Gasteiger partial charge in [-0.1, -0.05) is 0 Å². The smallest absolute Gasteiger partial charge is 0.254 e. The second-order valence-corrected chi connectivity index (χ2v) is 7.45. The first kappa shape index (κ1) is 18.4. The molecule has 0 bridgehead atoms. The highest BCUT2D eigenvalue weighted by Gasteiger charge is 2.29. The fraction of sp³-hybridized carbons (Fsp3) is 0.579. The van der Waals surface area contributed by atoms with E-state index in [1.54, 1.807) is 4.68 Å². The Morgan fingerprint density at radius 2 is 1.88 bits per heavy atom. The van der Waals surface area contributed by atoms with Crippen LogP contribution in [0.1, 0.15) is 48.4 Å². The Bertz CT molecular complexity index is 847. The number of likely N-dealkylation sites (tertiary alicyclic amines) is 1. The van der Waals surface area contributed by atoms with Gasteiger partial charge in [0.15, 0.2) is 5.65 Å². The Morgan fingerprint density at radius 3 is 2.50 bits per heavy atom. The molecule has 1 saturated heterocycles. The van der Waals surface area contributed by atoms with E-state index >= 15 is 0 Å². The predicted octanol–water partition coefficient (Wildman–Crippen LogP) is 1.96. The van der Waals surface area contributed by atoms with E-state index < -0.39 is 0 Å². The summed E-state index contributed by atoms with van der Waals surface area (Å²) in [5, 5.41) is 8.20. The molecular weight excluding hydrogens is 330 g/mol. The maximum atomic E-state index is 13.1. The normalized spacial score (nSPS) is 15.7. The van der Waals surface area contributed by atoms with E-state index in [2.05, 4.69) is 15.4 Å². The minimum Gasteiger partial charge on any atom is -0.354 e. The molecular formula is C19H27N5O2. The number of aryl methyl sites for hydroxylation is 3. The molecule has 3 rings (SSSR count). The van der Waals surface area contributed by atoms with Crippen LogP contribution in [-0.4, -0.2) is 50.6 Å². The van der Waals surface area contributed by atoms with E-state index in [4.69, 9.17) is 0 Å². The quantitative estimate of drug-likeness (QED) is 0.911. The molecule has 140 valence electrons. The Balaban J connectivity index is 1.79. The molecule has 7 heteroatoms. The van der Waals surface area contributed by atoms with E-state index in [-0.39, 0.29) is 23.8 Å². The van der Waals surface area contributed by atoms with E-state index in [0.29, 0.717) is 31.5 Å². The van der Waals surface area contributed by atoms with Crippen LogP contribution >= 0.6 is 0 Å². The number of piperidine rings is 1. The first-order chi connectivity index (χ1) is 12.3. The van der Waals surface area contributed by atoms with Crippen LogP contribution < -0.4 is 5.32 Å². The third-order valence-electron chi connectivity index (χ3n) is 4.91. The van der Waals surface area contributed by atoms with Gasteiger partial charge in [-0.05, 0) is 46.6 Å². The summed E-state index contributed by atoms with van der Waals surface area (Å²) in [6, 6.07) is 1.99. The number of nitrogens with one attached hydrogen (secondary N) is 1. The molecule has 0 saturated carbocycles. The molecule has 0 radical (unpaired) electrons. The molecule has 1 aliphatic heterocycles. The number of aromatic nitrogens is 3. The van der Waals surface area contributed by atoms with Crippen LogP contribution in [0.2, 0.25) is 0 Å². The molecule has 1 aliphatic rings. The summed E-state index contributed by atoms with van der Waals surface area (Å²) < 4.78 is 1.72. The second-order valence-electron chi connectivity index (χ2n) is 7.45. The van der Waals surface area contributed by atoms with Crippen LogP contribution in [0.5, 0.6) is 0 Å². The Morgan fingerprint density at radius 1 is 1.23 bits per heavy atom. The lowest BCUT2D eigenvalue weighted by Gasteiger charge is -2.32. The highest BCUT2D eigenvalue weighted by molar-refractivity contribution is 6.06. The van der Waals surface area contributed by atoms with E-state index in [9.17, 15) is 9.59 Å². The summed E-state index contributed by atoms with van der Waals surface area (Å²) in [6.07, 6.45) is 1.40. The van der Waals surface area contributed by atoms with Gasteiger partial charge < -0.3 is 10.2 Å². The molecule has 1 fully saturated rings. The van der Waals surface area contributed by atoms with Crippen LogP contribution in [-0.2, 0) is 11.8 Å². The fourth-order valence-corrected chi connectivity index (χ4v) is 3.66. The van der Waals surface area contributed by atoms with Gasteiger partial charge in [-0.3, -0.25) is 14.3 Å². The number of pyridine rings is 1. The first-order valence-corrected chi connectivity index (χ1v) is 9.18. The molecule has 3 heterocycles. The van der Waals surface area contributed by atoms with Crippen molar-refractivity contribution >= 4 is 22.8 Å². The third-order valence-corrected chi connectivity index (χ3v) is 4.91. The molecule has 7 nitrogen and oxygen atoms in total. The number of nitrogens with zero attached hydrogens (tertiary/aromatic N) is 4. The zero-order valence-electron chi connectivity index (χ0n) is 16.2. The van der Waals surface area contributed by atoms with Gasteiger partial charge in [-0.2, -0.15) is 5.10 Å². The van der Waals surface area contributed by atoms with Crippen LogP contribution in [0.25, 0.3) is 11.0 Å². The molecule has 2 amide bonds. The second kappa shape index (κ2) is 7.05. The third kappa shape index (κ3) is 3.43. The zero-order valence-corrected chi connectivity index (χ0v) is 16.2. The van der Waals surface area contributed by atoms with Crippen LogP contribution in [0, 0.1) is 19.8 Å². The van der Waals surface area contributed by atoms with E-state index in [0.717, 1.165) is 22.4 Å². The van der Waals surface area contributed by atoms with Crippen molar-refractivity contribution in [1.82, 2.24) is 25.0 Å². The molecule has 26 heavy (non-hydrogen) atoms. The van der Waals surface area contributed by atoms with Gasteiger partial charge in [-0.15, -0.1) is 0 Å². The molecule has 0 aromatic carbocycles. The maximum Gasteiger partial charge on any atom is 0.254 e. The summed E-state index contributed by atoms with van der Waals surface area (Å²) in [6.45, 7) is 8.90. The molecule has 0 aliphatic carbocycles. The van der Waals surface area contributed by atoms with Gasteiger partial charge in [0.25, 0.3) is 5.91 Å². The number of carbonyl (C=O) groups excluding carboxylic acids is 2. The Labute approximate surface area is 153 Å². The standard InChI is InChI=1S/C19H27N5O2/c1-11(2)20-18(25)14-6-8-24(9-7-14)19(26)15-10-12(3)21-17-16(15)13(4)22-23(17)5/h10-11,14H,6-9H2,1-5H3,(H,20,25). The lowest BCUT2D eigenvalue weighted by Crippen LogP contribution is -2.44. The molecule has 2 aromatic heterocycles. The molecule has 0 spiro atoms. The van der Waals surface area contributed by atoms with Crippen molar-refractivity contribution in [2.45, 2.75) is 46.6 Å². The number of hydrogen-bond acceptors (Lipinski definition) is 4. The SMILES string of the molecule is Cc1cc(C(=O)N2CCC(C(=O)NC(C)C)CC2)c2c(C)nn(C)c2n1. The highest BCUT2D eigenvalue weighted by atomic mass is 16.2. The largest absolute Gasteiger partial charge is 0.354 e. The fourth-order valence-electron chi connectivity index (χ4n) is 3.66. The van der Waals surface area contributed by atoms with Crippen molar-refractivity contribution in [3.8, 4) is 0 Å². The predicted molar refractivity (Wildman–Crippen MR) is 99.9 cm³/mol. The molecule has 1 N–H and O–H groups in total. The average Bonchev–Trinajstić information content (AvgIpc) is 2.87. The van der Waals surface area contributed by atoms with Gasteiger partial charge in [0, 0.05) is 37.8 Å². The van der Waals surface area contributed by atoms with Gasteiger partial charge in [0.1, 0.15) is 0 Å². The Hall–Kier alpha value is -2.44. The minimum absolute atomic E-state index is 0.000632. The van der Waals surface area contributed by atoms with E-state index in [1.807, 2.05) is 45.7 Å². The van der Waals surface area contributed by atoms with Crippen molar-refractivity contribution in [1.29, 1.82) is 0 Å². The topological polar surface area (TPSA) is 80.1 Å². The van der Waals surface area contributed by atoms with Crippen molar-refractivity contribution in [3.05, 3.63) is 23.0 Å². The van der Waals surface area contributed by atoms with Gasteiger partial charge >= 0.3 is 0 Å². The summed E-state index contributed by atoms with van der Waals surface area (Å²) in [5.74, 6) is 0.0810. The highest BCUT2D eigenvalue weighted by Crippen LogP contribution is 2.25. The average molecular weight is 357 g/mol. The van der Waals surface area contributed by atoms with Crippen molar-refractivity contribution in [2.75, 3.05) is 13.1 Å². The van der Waals surface area contributed by atoms with Crippen LogP contribution in [0.15, 0.2) is 6.07 Å². The zero-order chi connectivity index (χ0) is 19.0. The van der Waals surface area contributed by atoms with Crippen molar-refractivity contribution in [2.24, 2.45) is 13.0 Å². The van der Waals surface area contributed by atoms with Gasteiger partial charge in [-0.25, -0.2) is 4.98 Å². The lowest BCUT2D eigenvalue weighted by molar-refractivity contribution is -0.126.